The molecule has 7 heteroatoms. The lowest BCUT2D eigenvalue weighted by molar-refractivity contribution is 0.373. The summed E-state index contributed by atoms with van der Waals surface area (Å²) < 4.78 is 7.07. The van der Waals surface area contributed by atoms with Gasteiger partial charge < -0.3 is 9.84 Å². The number of phenols is 1. The van der Waals surface area contributed by atoms with E-state index in [1.54, 1.807) is 29.1 Å². The zero-order valence-electron chi connectivity index (χ0n) is 11.5. The van der Waals surface area contributed by atoms with Crippen molar-refractivity contribution in [1.82, 2.24) is 14.9 Å². The first-order valence-corrected chi connectivity index (χ1v) is 6.52. The molecular weight excluding hydrogens is 276 g/mol. The summed E-state index contributed by atoms with van der Waals surface area (Å²) in [4.78, 5) is 0. The predicted octanol–water partition coefficient (Wildman–Crippen LogP) is 2.66. The fourth-order valence-corrected chi connectivity index (χ4v) is 1.87. The van der Waals surface area contributed by atoms with Gasteiger partial charge in [-0.1, -0.05) is 13.8 Å². The van der Waals surface area contributed by atoms with Crippen molar-refractivity contribution in [3.8, 4) is 11.5 Å². The minimum Gasteiger partial charge on any atom is -0.504 e. The van der Waals surface area contributed by atoms with Crippen LogP contribution in [-0.2, 0) is 0 Å². The summed E-state index contributed by atoms with van der Waals surface area (Å²) >= 11 is 5.14. The maximum absolute atomic E-state index is 9.54. The van der Waals surface area contributed by atoms with E-state index in [2.05, 4.69) is 15.3 Å². The molecule has 20 heavy (non-hydrogen) atoms. The van der Waals surface area contributed by atoms with Gasteiger partial charge in [-0.15, -0.1) is 0 Å². The number of hydrogen-bond acceptors (Lipinski definition) is 5. The lowest BCUT2D eigenvalue weighted by Crippen LogP contribution is -2.01. The van der Waals surface area contributed by atoms with Crippen molar-refractivity contribution in [2.45, 2.75) is 19.8 Å². The van der Waals surface area contributed by atoms with Gasteiger partial charge >= 0.3 is 0 Å². The van der Waals surface area contributed by atoms with Crippen molar-refractivity contribution < 1.29 is 9.84 Å². The van der Waals surface area contributed by atoms with Crippen LogP contribution in [-0.4, -0.2) is 33.3 Å². The average Bonchev–Trinajstić information content (AvgIpc) is 2.79. The maximum atomic E-state index is 9.54. The number of hydrogen-bond donors (Lipinski definition) is 2. The quantitative estimate of drug-likeness (QED) is 0.671. The van der Waals surface area contributed by atoms with Crippen LogP contribution in [0.1, 0.15) is 31.2 Å². The highest BCUT2D eigenvalue weighted by molar-refractivity contribution is 7.71. The van der Waals surface area contributed by atoms with Crippen LogP contribution in [0, 0.1) is 4.77 Å². The Labute approximate surface area is 121 Å². The smallest absolute Gasteiger partial charge is 0.216 e. The highest BCUT2D eigenvalue weighted by Crippen LogP contribution is 2.25. The van der Waals surface area contributed by atoms with Gasteiger partial charge in [-0.05, 0) is 36.0 Å². The molecule has 0 amide bonds. The molecule has 2 N–H and O–H groups in total. The van der Waals surface area contributed by atoms with Crippen LogP contribution < -0.4 is 4.74 Å². The molecule has 1 aromatic heterocycles. The molecule has 0 bridgehead atoms. The number of phenolic OH excluding ortho intramolecular Hbond substituents is 1. The van der Waals surface area contributed by atoms with E-state index >= 15 is 0 Å². The van der Waals surface area contributed by atoms with E-state index in [-0.39, 0.29) is 11.7 Å². The molecule has 0 saturated heterocycles. The maximum Gasteiger partial charge on any atom is 0.216 e. The van der Waals surface area contributed by atoms with E-state index < -0.39 is 0 Å². The SMILES string of the molecule is COc1cc(C=Nn2c(C(C)C)n[nH]c2=S)ccc1O. The summed E-state index contributed by atoms with van der Waals surface area (Å²) in [5.74, 6) is 1.45. The summed E-state index contributed by atoms with van der Waals surface area (Å²) in [7, 11) is 1.50. The van der Waals surface area contributed by atoms with Crippen LogP contribution in [0.25, 0.3) is 0 Å². The minimum atomic E-state index is 0.0902. The van der Waals surface area contributed by atoms with Crippen LogP contribution in [0.3, 0.4) is 0 Å². The Bertz CT molecular complexity index is 688. The Morgan fingerprint density at radius 2 is 2.25 bits per heavy atom. The molecule has 1 heterocycles. The Kier molecular flexibility index (Phi) is 4.19. The van der Waals surface area contributed by atoms with Gasteiger partial charge in [0.25, 0.3) is 0 Å². The van der Waals surface area contributed by atoms with Crippen molar-refractivity contribution in [3.05, 3.63) is 34.4 Å². The third-order valence-electron chi connectivity index (χ3n) is 2.72. The number of benzene rings is 1. The van der Waals surface area contributed by atoms with Gasteiger partial charge in [0.1, 0.15) is 0 Å². The zero-order chi connectivity index (χ0) is 14.7. The molecule has 0 aliphatic carbocycles. The molecule has 6 nitrogen and oxygen atoms in total. The minimum absolute atomic E-state index is 0.0902. The van der Waals surface area contributed by atoms with Gasteiger partial charge in [0.15, 0.2) is 17.3 Å². The second-order valence-corrected chi connectivity index (χ2v) is 4.92. The van der Waals surface area contributed by atoms with Crippen LogP contribution in [0.15, 0.2) is 23.3 Å². The highest BCUT2D eigenvalue weighted by Gasteiger charge is 2.09. The molecule has 0 atom stereocenters. The molecule has 0 spiro atoms. The van der Waals surface area contributed by atoms with E-state index in [9.17, 15) is 5.11 Å². The Balaban J connectivity index is 2.35. The largest absolute Gasteiger partial charge is 0.504 e. The van der Waals surface area contributed by atoms with Crippen molar-refractivity contribution in [2.75, 3.05) is 7.11 Å². The summed E-state index contributed by atoms with van der Waals surface area (Å²) in [6, 6.07) is 4.98. The normalized spacial score (nSPS) is 11.4. The first-order valence-electron chi connectivity index (χ1n) is 6.11. The number of nitrogens with zero attached hydrogens (tertiary/aromatic N) is 3. The predicted molar refractivity (Wildman–Crippen MR) is 79.2 cm³/mol. The lowest BCUT2D eigenvalue weighted by atomic mass is 10.2. The van der Waals surface area contributed by atoms with Gasteiger partial charge in [-0.3, -0.25) is 5.10 Å². The Morgan fingerprint density at radius 3 is 2.90 bits per heavy atom. The topological polar surface area (TPSA) is 75.4 Å². The summed E-state index contributed by atoms with van der Waals surface area (Å²) in [5, 5.41) is 20.7. The number of H-pyrrole nitrogens is 1. The van der Waals surface area contributed by atoms with Crippen LogP contribution in [0.4, 0.5) is 0 Å². The number of aromatic nitrogens is 3. The van der Waals surface area contributed by atoms with Crippen LogP contribution in [0.2, 0.25) is 0 Å². The van der Waals surface area contributed by atoms with Crippen molar-refractivity contribution in [2.24, 2.45) is 5.10 Å². The number of rotatable bonds is 4. The summed E-state index contributed by atoms with van der Waals surface area (Å²) in [5.41, 5.74) is 0.789. The molecule has 0 unspecified atom stereocenters. The van der Waals surface area contributed by atoms with Gasteiger partial charge in [-0.2, -0.15) is 14.9 Å². The third-order valence-corrected chi connectivity index (χ3v) is 2.98. The van der Waals surface area contributed by atoms with E-state index in [0.29, 0.717) is 10.5 Å². The van der Waals surface area contributed by atoms with E-state index in [1.165, 1.54) is 7.11 Å². The first kappa shape index (κ1) is 14.3. The van der Waals surface area contributed by atoms with Crippen molar-refractivity contribution in [1.29, 1.82) is 0 Å². The molecule has 0 aliphatic rings. The van der Waals surface area contributed by atoms with Gasteiger partial charge in [0.2, 0.25) is 4.77 Å². The molecule has 0 radical (unpaired) electrons. The summed E-state index contributed by atoms with van der Waals surface area (Å²) in [6.45, 7) is 4.03. The second kappa shape index (κ2) is 5.87. The Morgan fingerprint density at radius 1 is 1.50 bits per heavy atom. The number of aromatic hydroxyl groups is 1. The standard InChI is InChI=1S/C13H16N4O2S/c1-8(2)12-15-16-13(20)17(12)14-7-9-4-5-10(18)11(6-9)19-3/h4-8,18H,1-3H3,(H,16,20). The fourth-order valence-electron chi connectivity index (χ4n) is 1.69. The van der Waals surface area contributed by atoms with Gasteiger partial charge in [0, 0.05) is 5.92 Å². The zero-order valence-corrected chi connectivity index (χ0v) is 12.3. The van der Waals surface area contributed by atoms with Crippen molar-refractivity contribution in [3.63, 3.8) is 0 Å². The molecule has 0 fully saturated rings. The van der Waals surface area contributed by atoms with E-state index in [4.69, 9.17) is 17.0 Å². The molecule has 2 aromatic rings. The van der Waals surface area contributed by atoms with Crippen molar-refractivity contribution >= 4 is 18.4 Å². The number of nitrogens with one attached hydrogen (secondary N) is 1. The first-order chi connectivity index (χ1) is 9.52. The molecule has 2 rings (SSSR count). The highest BCUT2D eigenvalue weighted by atomic mass is 32.1. The molecule has 0 saturated carbocycles. The Hall–Kier alpha value is -2.15. The lowest BCUT2D eigenvalue weighted by Gasteiger charge is -2.04. The monoisotopic (exact) mass is 292 g/mol. The van der Waals surface area contributed by atoms with Gasteiger partial charge in [0.05, 0.1) is 13.3 Å². The fraction of sp³-hybridized carbons (Fsp3) is 0.308. The van der Waals surface area contributed by atoms with Crippen LogP contribution in [0.5, 0.6) is 11.5 Å². The third kappa shape index (κ3) is 2.88. The van der Waals surface area contributed by atoms with E-state index in [0.717, 1.165) is 11.4 Å². The van der Waals surface area contributed by atoms with E-state index in [1.807, 2.05) is 13.8 Å². The molecule has 0 aliphatic heterocycles. The second-order valence-electron chi connectivity index (χ2n) is 4.53. The number of ether oxygens (including phenoxy) is 1. The number of methoxy groups -OCH3 is 1. The molecular formula is C13H16N4O2S. The molecule has 106 valence electrons. The van der Waals surface area contributed by atoms with Crippen LogP contribution >= 0.6 is 12.2 Å². The number of aromatic amines is 1. The van der Waals surface area contributed by atoms with Gasteiger partial charge in [-0.25, -0.2) is 0 Å². The summed E-state index contributed by atoms with van der Waals surface area (Å²) in [6.07, 6.45) is 1.64. The molecule has 1 aromatic carbocycles. The average molecular weight is 292 g/mol.